The van der Waals surface area contributed by atoms with Gasteiger partial charge in [0, 0.05) is 5.56 Å². The fourth-order valence-electron chi connectivity index (χ4n) is 2.34. The minimum atomic E-state index is 0.180. The van der Waals surface area contributed by atoms with E-state index in [1.54, 1.807) is 12.5 Å². The maximum Gasteiger partial charge on any atom is 0.0953 e. The number of nitrogens with one attached hydrogen (secondary N) is 1. The molecule has 0 saturated heterocycles. The largest absolute Gasteiger partial charge is 0.472 e. The molecule has 1 aliphatic heterocycles. The second-order valence-electron chi connectivity index (χ2n) is 4.30. The lowest BCUT2D eigenvalue weighted by Crippen LogP contribution is -2.17. The molecule has 0 saturated carbocycles. The predicted molar refractivity (Wildman–Crippen MR) is 64.5 cm³/mol. The van der Waals surface area contributed by atoms with E-state index in [2.05, 4.69) is 23.5 Å². The predicted octanol–water partition coefficient (Wildman–Crippen LogP) is 2.62. The Kier molecular flexibility index (Phi) is 2.71. The van der Waals surface area contributed by atoms with E-state index in [4.69, 9.17) is 9.15 Å². The molecule has 0 spiro atoms. The molecule has 2 aromatic rings. The Bertz CT molecular complexity index is 505. The average Bonchev–Trinajstić information content (AvgIpc) is 2.99. The number of furan rings is 1. The van der Waals surface area contributed by atoms with Gasteiger partial charge in [0.05, 0.1) is 31.8 Å². The first-order chi connectivity index (χ1) is 8.38. The highest BCUT2D eigenvalue weighted by molar-refractivity contribution is 5.38. The molecule has 88 valence electrons. The topological polar surface area (TPSA) is 34.4 Å². The third kappa shape index (κ3) is 1.88. The van der Waals surface area contributed by atoms with Crippen molar-refractivity contribution in [3.05, 3.63) is 59.0 Å². The summed E-state index contributed by atoms with van der Waals surface area (Å²) in [6.07, 6.45) is 3.49. The van der Waals surface area contributed by atoms with Crippen molar-refractivity contribution >= 4 is 0 Å². The number of fused-ring (bicyclic) bond motifs is 1. The summed E-state index contributed by atoms with van der Waals surface area (Å²) in [7, 11) is 1.96. The highest BCUT2D eigenvalue weighted by Crippen LogP contribution is 2.27. The van der Waals surface area contributed by atoms with Crippen molar-refractivity contribution in [2.24, 2.45) is 0 Å². The van der Waals surface area contributed by atoms with Crippen molar-refractivity contribution in [2.45, 2.75) is 19.3 Å². The van der Waals surface area contributed by atoms with Gasteiger partial charge in [-0.3, -0.25) is 0 Å². The molecule has 0 fully saturated rings. The molecule has 1 unspecified atom stereocenters. The van der Waals surface area contributed by atoms with Crippen LogP contribution in [0.5, 0.6) is 0 Å². The van der Waals surface area contributed by atoms with Crippen LogP contribution >= 0.6 is 0 Å². The van der Waals surface area contributed by atoms with E-state index in [9.17, 15) is 0 Å². The van der Waals surface area contributed by atoms with Gasteiger partial charge in [0.15, 0.2) is 0 Å². The van der Waals surface area contributed by atoms with Crippen molar-refractivity contribution in [3.63, 3.8) is 0 Å². The summed E-state index contributed by atoms with van der Waals surface area (Å²) in [4.78, 5) is 0. The standard InChI is InChI=1S/C14H15NO2/c1-15-14(12-4-5-16-8-12)10-2-3-11-7-17-9-13(11)6-10/h2-6,8,14-15H,7,9H2,1H3. The lowest BCUT2D eigenvalue weighted by molar-refractivity contribution is 0.134. The minimum Gasteiger partial charge on any atom is -0.472 e. The molecule has 0 radical (unpaired) electrons. The number of hydrogen-bond donors (Lipinski definition) is 1. The van der Waals surface area contributed by atoms with Gasteiger partial charge in [-0.25, -0.2) is 0 Å². The van der Waals surface area contributed by atoms with Gasteiger partial charge in [-0.05, 0) is 29.8 Å². The van der Waals surface area contributed by atoms with Gasteiger partial charge in [-0.2, -0.15) is 0 Å². The smallest absolute Gasteiger partial charge is 0.0953 e. The first-order valence-corrected chi connectivity index (χ1v) is 5.77. The van der Waals surface area contributed by atoms with Crippen LogP contribution < -0.4 is 5.32 Å². The maximum atomic E-state index is 5.44. The van der Waals surface area contributed by atoms with Crippen molar-refractivity contribution in [1.29, 1.82) is 0 Å². The van der Waals surface area contributed by atoms with Gasteiger partial charge in [0.25, 0.3) is 0 Å². The summed E-state index contributed by atoms with van der Waals surface area (Å²) >= 11 is 0. The van der Waals surface area contributed by atoms with Crippen molar-refractivity contribution in [3.8, 4) is 0 Å². The molecular weight excluding hydrogens is 214 g/mol. The van der Waals surface area contributed by atoms with Gasteiger partial charge >= 0.3 is 0 Å². The average molecular weight is 229 g/mol. The van der Waals surface area contributed by atoms with Crippen molar-refractivity contribution in [2.75, 3.05) is 7.05 Å². The van der Waals surface area contributed by atoms with Crippen LogP contribution in [0, 0.1) is 0 Å². The first kappa shape index (κ1) is 10.6. The van der Waals surface area contributed by atoms with Crippen LogP contribution in [0.2, 0.25) is 0 Å². The number of rotatable bonds is 3. The van der Waals surface area contributed by atoms with Crippen LogP contribution in [0.25, 0.3) is 0 Å². The zero-order valence-corrected chi connectivity index (χ0v) is 9.77. The van der Waals surface area contributed by atoms with Gasteiger partial charge in [-0.1, -0.05) is 18.2 Å². The molecule has 0 amide bonds. The van der Waals surface area contributed by atoms with Gasteiger partial charge in [0.1, 0.15) is 0 Å². The summed E-state index contributed by atoms with van der Waals surface area (Å²) < 4.78 is 10.6. The zero-order chi connectivity index (χ0) is 11.7. The second-order valence-corrected chi connectivity index (χ2v) is 4.30. The van der Waals surface area contributed by atoms with E-state index in [1.165, 1.54) is 16.7 Å². The van der Waals surface area contributed by atoms with E-state index < -0.39 is 0 Å². The third-order valence-electron chi connectivity index (χ3n) is 3.24. The normalized spacial score (nSPS) is 15.8. The Morgan fingerprint density at radius 3 is 2.76 bits per heavy atom. The summed E-state index contributed by atoms with van der Waals surface area (Å²) in [5.41, 5.74) is 4.99. The molecule has 17 heavy (non-hydrogen) atoms. The molecule has 2 heterocycles. The Balaban J connectivity index is 1.97. The SMILES string of the molecule is CNC(c1ccoc1)c1ccc2c(c1)COC2. The molecule has 0 bridgehead atoms. The molecule has 3 nitrogen and oxygen atoms in total. The summed E-state index contributed by atoms with van der Waals surface area (Å²) in [5, 5.41) is 3.31. The van der Waals surface area contributed by atoms with Crippen LogP contribution in [0.1, 0.15) is 28.3 Å². The third-order valence-corrected chi connectivity index (χ3v) is 3.24. The van der Waals surface area contributed by atoms with Crippen LogP contribution in [-0.2, 0) is 18.0 Å². The van der Waals surface area contributed by atoms with E-state index in [0.29, 0.717) is 0 Å². The van der Waals surface area contributed by atoms with E-state index >= 15 is 0 Å². The number of benzene rings is 1. The Hall–Kier alpha value is -1.58. The van der Waals surface area contributed by atoms with Gasteiger partial charge in [-0.15, -0.1) is 0 Å². The lowest BCUT2D eigenvalue weighted by Gasteiger charge is -2.15. The highest BCUT2D eigenvalue weighted by atomic mass is 16.5. The molecule has 3 heteroatoms. The van der Waals surface area contributed by atoms with Crippen LogP contribution in [0.4, 0.5) is 0 Å². The molecule has 1 N–H and O–H groups in total. The number of hydrogen-bond acceptors (Lipinski definition) is 3. The fourth-order valence-corrected chi connectivity index (χ4v) is 2.34. The highest BCUT2D eigenvalue weighted by Gasteiger charge is 2.17. The van der Waals surface area contributed by atoms with Crippen molar-refractivity contribution in [1.82, 2.24) is 5.32 Å². The zero-order valence-electron chi connectivity index (χ0n) is 9.77. The second kappa shape index (κ2) is 4.35. The molecule has 3 rings (SSSR count). The Labute approximate surface area is 100 Å². The summed E-state index contributed by atoms with van der Waals surface area (Å²) in [6, 6.07) is 8.70. The van der Waals surface area contributed by atoms with E-state index in [0.717, 1.165) is 18.8 Å². The minimum absolute atomic E-state index is 0.180. The maximum absolute atomic E-state index is 5.44. The number of ether oxygens (including phenoxy) is 1. The van der Waals surface area contributed by atoms with Crippen molar-refractivity contribution < 1.29 is 9.15 Å². The van der Waals surface area contributed by atoms with Gasteiger partial charge < -0.3 is 14.5 Å². The molecule has 1 aromatic heterocycles. The van der Waals surface area contributed by atoms with Crippen LogP contribution in [0.3, 0.4) is 0 Å². The molecule has 0 aliphatic carbocycles. The quantitative estimate of drug-likeness (QED) is 0.878. The van der Waals surface area contributed by atoms with E-state index in [-0.39, 0.29) is 6.04 Å². The molecular formula is C14H15NO2. The molecule has 1 aliphatic rings. The fraction of sp³-hybridized carbons (Fsp3) is 0.286. The monoisotopic (exact) mass is 229 g/mol. The molecule has 1 atom stereocenters. The Morgan fingerprint density at radius 2 is 2.00 bits per heavy atom. The first-order valence-electron chi connectivity index (χ1n) is 5.77. The van der Waals surface area contributed by atoms with E-state index in [1.807, 2.05) is 13.1 Å². The van der Waals surface area contributed by atoms with Crippen LogP contribution in [-0.4, -0.2) is 7.05 Å². The van der Waals surface area contributed by atoms with Crippen LogP contribution in [0.15, 0.2) is 41.2 Å². The van der Waals surface area contributed by atoms with Gasteiger partial charge in [0.2, 0.25) is 0 Å². The molecule has 1 aromatic carbocycles. The summed E-state index contributed by atoms with van der Waals surface area (Å²) in [5.74, 6) is 0. The summed E-state index contributed by atoms with van der Waals surface area (Å²) in [6.45, 7) is 1.47. The Morgan fingerprint density at radius 1 is 1.12 bits per heavy atom. The lowest BCUT2D eigenvalue weighted by atomic mass is 9.97.